The number of rotatable bonds is 6. The van der Waals surface area contributed by atoms with Crippen LogP contribution in [0.4, 0.5) is 0 Å². The van der Waals surface area contributed by atoms with Gasteiger partial charge in [0.2, 0.25) is 0 Å². The van der Waals surface area contributed by atoms with Crippen molar-refractivity contribution in [3.05, 3.63) is 206 Å². The van der Waals surface area contributed by atoms with Crippen molar-refractivity contribution in [3.8, 4) is 67.3 Å². The number of hydrogen-bond donors (Lipinski definition) is 0. The molecular weight excluding hydrogens is 653 g/mol. The minimum atomic E-state index is 0.706. The maximum absolute atomic E-state index is 5.14. The highest BCUT2D eigenvalue weighted by atomic mass is 14.9. The van der Waals surface area contributed by atoms with E-state index in [0.29, 0.717) is 5.82 Å². The summed E-state index contributed by atoms with van der Waals surface area (Å²) in [7, 11) is 0. The Labute approximate surface area is 314 Å². The first kappa shape index (κ1) is 31.6. The molecule has 9 aromatic carbocycles. The molecule has 0 saturated carbocycles. The lowest BCUT2D eigenvalue weighted by Gasteiger charge is -2.13. The van der Waals surface area contributed by atoms with Gasteiger partial charge in [-0.3, -0.25) is 0 Å². The van der Waals surface area contributed by atoms with Crippen molar-refractivity contribution in [2.24, 2.45) is 0 Å². The van der Waals surface area contributed by atoms with E-state index in [1.165, 1.54) is 49.0 Å². The average molecular weight is 687 g/mol. The van der Waals surface area contributed by atoms with E-state index in [0.717, 1.165) is 44.8 Å². The summed E-state index contributed by atoms with van der Waals surface area (Å²) >= 11 is 0. The monoisotopic (exact) mass is 686 g/mol. The third kappa shape index (κ3) is 5.81. The first-order chi connectivity index (χ1) is 26.7. The van der Waals surface area contributed by atoms with Gasteiger partial charge in [-0.1, -0.05) is 176 Å². The quantitative estimate of drug-likeness (QED) is 0.163. The topological polar surface area (TPSA) is 25.8 Å². The zero-order chi connectivity index (χ0) is 35.8. The van der Waals surface area contributed by atoms with Crippen LogP contribution in [0.15, 0.2) is 206 Å². The fourth-order valence-electron chi connectivity index (χ4n) is 7.77. The maximum Gasteiger partial charge on any atom is 0.160 e. The lowest BCUT2D eigenvalue weighted by atomic mass is 9.91. The summed E-state index contributed by atoms with van der Waals surface area (Å²) in [5.74, 6) is 0.706. The second-order valence-electron chi connectivity index (χ2n) is 13.8. The second kappa shape index (κ2) is 13.4. The summed E-state index contributed by atoms with van der Waals surface area (Å²) in [5.41, 5.74) is 11.9. The Morgan fingerprint density at radius 2 is 0.556 bits per heavy atom. The zero-order valence-corrected chi connectivity index (χ0v) is 29.5. The van der Waals surface area contributed by atoms with Gasteiger partial charge < -0.3 is 0 Å². The first-order valence-electron chi connectivity index (χ1n) is 18.4. The second-order valence-corrected chi connectivity index (χ2v) is 13.8. The van der Waals surface area contributed by atoms with E-state index < -0.39 is 0 Å². The van der Waals surface area contributed by atoms with Crippen molar-refractivity contribution >= 4 is 32.3 Å². The summed E-state index contributed by atoms with van der Waals surface area (Å²) in [5, 5.41) is 7.71. The van der Waals surface area contributed by atoms with E-state index >= 15 is 0 Å². The summed E-state index contributed by atoms with van der Waals surface area (Å²) in [4.78, 5) is 10.3. The van der Waals surface area contributed by atoms with Crippen molar-refractivity contribution in [2.45, 2.75) is 0 Å². The van der Waals surface area contributed by atoms with Gasteiger partial charge in [-0.15, -0.1) is 0 Å². The van der Waals surface area contributed by atoms with Crippen LogP contribution in [0.3, 0.4) is 0 Å². The predicted molar refractivity (Wildman–Crippen MR) is 227 cm³/mol. The zero-order valence-electron chi connectivity index (χ0n) is 29.5. The van der Waals surface area contributed by atoms with Crippen LogP contribution in [-0.4, -0.2) is 9.97 Å². The van der Waals surface area contributed by atoms with E-state index in [4.69, 9.17) is 9.97 Å². The van der Waals surface area contributed by atoms with Crippen LogP contribution in [-0.2, 0) is 0 Å². The van der Waals surface area contributed by atoms with E-state index in [1.54, 1.807) is 0 Å². The molecule has 0 aliphatic heterocycles. The van der Waals surface area contributed by atoms with Crippen molar-refractivity contribution in [1.82, 2.24) is 9.97 Å². The molecule has 0 atom stereocenters. The van der Waals surface area contributed by atoms with Crippen molar-refractivity contribution in [2.75, 3.05) is 0 Å². The van der Waals surface area contributed by atoms with Crippen LogP contribution in [0.1, 0.15) is 0 Å². The predicted octanol–water partition coefficient (Wildman–Crippen LogP) is 13.9. The van der Waals surface area contributed by atoms with E-state index in [-0.39, 0.29) is 0 Å². The van der Waals surface area contributed by atoms with Gasteiger partial charge in [0.05, 0.1) is 11.4 Å². The van der Waals surface area contributed by atoms with Crippen LogP contribution in [0.2, 0.25) is 0 Å². The van der Waals surface area contributed by atoms with Gasteiger partial charge in [0.1, 0.15) is 0 Å². The van der Waals surface area contributed by atoms with Gasteiger partial charge in [0, 0.05) is 16.7 Å². The van der Waals surface area contributed by atoms with Crippen molar-refractivity contribution < 1.29 is 0 Å². The van der Waals surface area contributed by atoms with Crippen LogP contribution in [0.5, 0.6) is 0 Å². The van der Waals surface area contributed by atoms with Crippen molar-refractivity contribution in [1.29, 1.82) is 0 Å². The molecule has 54 heavy (non-hydrogen) atoms. The fraction of sp³-hybridized carbons (Fsp3) is 0. The molecule has 0 saturated heterocycles. The highest BCUT2D eigenvalue weighted by molar-refractivity contribution is 6.25. The Kier molecular flexibility index (Phi) is 7.85. The molecular formula is C52H34N2. The van der Waals surface area contributed by atoms with Gasteiger partial charge in [-0.2, -0.15) is 0 Å². The molecule has 2 heteroatoms. The molecule has 0 aliphatic rings. The van der Waals surface area contributed by atoms with E-state index in [2.05, 4.69) is 182 Å². The Morgan fingerprint density at radius 3 is 1.07 bits per heavy atom. The summed E-state index contributed by atoms with van der Waals surface area (Å²) in [6, 6.07) is 73.5. The van der Waals surface area contributed by atoms with Gasteiger partial charge >= 0.3 is 0 Å². The largest absolute Gasteiger partial charge is 0.228 e. The normalized spacial score (nSPS) is 11.3. The summed E-state index contributed by atoms with van der Waals surface area (Å²) in [6.45, 7) is 0. The van der Waals surface area contributed by atoms with Crippen LogP contribution in [0.25, 0.3) is 99.6 Å². The molecule has 0 aliphatic carbocycles. The molecule has 0 bridgehead atoms. The minimum Gasteiger partial charge on any atom is -0.228 e. The lowest BCUT2D eigenvalue weighted by molar-refractivity contribution is 1.18. The average Bonchev–Trinajstić information content (AvgIpc) is 3.27. The van der Waals surface area contributed by atoms with Gasteiger partial charge in [0.15, 0.2) is 5.82 Å². The van der Waals surface area contributed by atoms with Crippen LogP contribution in [0, 0.1) is 0 Å². The minimum absolute atomic E-state index is 0.706. The Bertz CT molecular complexity index is 2950. The van der Waals surface area contributed by atoms with E-state index in [9.17, 15) is 0 Å². The molecule has 10 aromatic rings. The fourth-order valence-corrected chi connectivity index (χ4v) is 7.77. The number of aromatic nitrogens is 2. The molecule has 252 valence electrons. The summed E-state index contributed by atoms with van der Waals surface area (Å²) < 4.78 is 0. The number of nitrogens with zero attached hydrogens (tertiary/aromatic N) is 2. The molecule has 10 rings (SSSR count). The Balaban J connectivity index is 1.06. The van der Waals surface area contributed by atoms with Crippen LogP contribution >= 0.6 is 0 Å². The Morgan fingerprint density at radius 1 is 0.204 bits per heavy atom. The molecule has 0 N–H and O–H groups in total. The molecule has 1 heterocycles. The van der Waals surface area contributed by atoms with Gasteiger partial charge in [0.25, 0.3) is 0 Å². The molecule has 2 nitrogen and oxygen atoms in total. The molecule has 1 aromatic heterocycles. The number of hydrogen-bond acceptors (Lipinski definition) is 2. The maximum atomic E-state index is 5.14. The van der Waals surface area contributed by atoms with Gasteiger partial charge in [-0.05, 0) is 96.0 Å². The molecule has 0 amide bonds. The van der Waals surface area contributed by atoms with Gasteiger partial charge in [-0.25, -0.2) is 9.97 Å². The lowest BCUT2D eigenvalue weighted by Crippen LogP contribution is -1.96. The van der Waals surface area contributed by atoms with E-state index in [1.807, 2.05) is 24.3 Å². The third-order valence-corrected chi connectivity index (χ3v) is 10.5. The molecule has 0 spiro atoms. The highest BCUT2D eigenvalue weighted by Crippen LogP contribution is 2.38. The number of benzene rings is 9. The molecule has 0 unspecified atom stereocenters. The first-order valence-corrected chi connectivity index (χ1v) is 18.4. The SMILES string of the molecule is c1ccc(-c2cccc(-c3cc(-c4cccc(-c5cccc(-c6ccc7c8ccccc8c8ccccc8c7c6)c5)c4)nc(-c4ccccc4)n3)c2)cc1. The summed E-state index contributed by atoms with van der Waals surface area (Å²) in [6.07, 6.45) is 0. The standard InChI is InChI=1S/C52H34N2/c1-3-14-35(15-4-1)37-18-12-22-42(31-37)50-34-51(54-52(53-50)36-16-5-2-6-17-36)43-23-13-21-40(32-43)38-19-11-20-39(30-38)41-28-29-48-46-26-8-7-24-44(46)45-25-9-10-27-47(45)49(48)33-41/h1-34H. The number of fused-ring (bicyclic) bond motifs is 6. The smallest absolute Gasteiger partial charge is 0.160 e. The Hall–Kier alpha value is -7.16. The third-order valence-electron chi connectivity index (χ3n) is 10.5. The van der Waals surface area contributed by atoms with Crippen molar-refractivity contribution in [3.63, 3.8) is 0 Å². The molecule has 0 radical (unpaired) electrons. The highest BCUT2D eigenvalue weighted by Gasteiger charge is 2.14. The van der Waals surface area contributed by atoms with Crippen LogP contribution < -0.4 is 0 Å². The molecule has 0 fully saturated rings.